The Morgan fingerprint density at radius 2 is 1.67 bits per heavy atom. The van der Waals surface area contributed by atoms with Gasteiger partial charge >= 0.3 is 0 Å². The number of carbonyl (C=O) groups is 1. The zero-order valence-electron chi connectivity index (χ0n) is 24.1. The van der Waals surface area contributed by atoms with Gasteiger partial charge in [-0.05, 0) is 69.9 Å². The van der Waals surface area contributed by atoms with E-state index >= 15 is 0 Å². The summed E-state index contributed by atoms with van der Waals surface area (Å²) in [5, 5.41) is 0.982. The number of nitrogens with zero attached hydrogens (tertiary/aromatic N) is 4. The number of carbonyl (C=O) groups excluding carboxylic acids is 1. The second kappa shape index (κ2) is 15.0. The fourth-order valence-corrected chi connectivity index (χ4v) is 4.96. The molecule has 0 aliphatic carbocycles. The highest BCUT2D eigenvalue weighted by molar-refractivity contribution is 6.31. The lowest BCUT2D eigenvalue weighted by Crippen LogP contribution is -2.40. The van der Waals surface area contributed by atoms with E-state index in [1.54, 1.807) is 29.9 Å². The van der Waals surface area contributed by atoms with Gasteiger partial charge in [-0.2, -0.15) is 0 Å². The SMILES string of the molecule is CCCCCCCCCC(=O)N(CCN(C)C)C(C)c1nc2cc(Cl)ccc2c(=O)n1-c1ccc(OC)cc1. The Hall–Kier alpha value is -2.90. The number of hydrogen-bond acceptors (Lipinski definition) is 5. The molecule has 1 heterocycles. The Bertz CT molecular complexity index is 1270. The molecular formula is C31H43ClN4O3. The number of unbranched alkanes of at least 4 members (excludes halogenated alkanes) is 6. The summed E-state index contributed by atoms with van der Waals surface area (Å²) in [4.78, 5) is 36.3. The molecule has 0 bridgehead atoms. The van der Waals surface area contributed by atoms with Crippen molar-refractivity contribution < 1.29 is 9.53 Å². The fraction of sp³-hybridized carbons (Fsp3) is 0.516. The number of fused-ring (bicyclic) bond motifs is 1. The van der Waals surface area contributed by atoms with Crippen molar-refractivity contribution in [2.24, 2.45) is 0 Å². The van der Waals surface area contributed by atoms with Crippen LogP contribution in [-0.2, 0) is 4.79 Å². The second-order valence-electron chi connectivity index (χ2n) is 10.4. The quantitative estimate of drug-likeness (QED) is 0.197. The molecule has 39 heavy (non-hydrogen) atoms. The summed E-state index contributed by atoms with van der Waals surface area (Å²) in [6.45, 7) is 5.42. The number of rotatable bonds is 15. The average Bonchev–Trinajstić information content (AvgIpc) is 2.92. The molecular weight excluding hydrogens is 512 g/mol. The number of hydrogen-bond donors (Lipinski definition) is 0. The predicted molar refractivity (Wildman–Crippen MR) is 160 cm³/mol. The third-order valence-corrected chi connectivity index (χ3v) is 7.37. The van der Waals surface area contributed by atoms with Crippen LogP contribution in [0, 0.1) is 0 Å². The predicted octanol–water partition coefficient (Wildman–Crippen LogP) is 6.64. The van der Waals surface area contributed by atoms with Gasteiger partial charge in [-0.15, -0.1) is 0 Å². The first kappa shape index (κ1) is 30.6. The van der Waals surface area contributed by atoms with Gasteiger partial charge in [-0.3, -0.25) is 14.2 Å². The van der Waals surface area contributed by atoms with E-state index in [2.05, 4.69) is 11.8 Å². The summed E-state index contributed by atoms with van der Waals surface area (Å²) >= 11 is 6.27. The van der Waals surface area contributed by atoms with Gasteiger partial charge in [0.1, 0.15) is 11.6 Å². The van der Waals surface area contributed by atoms with Crippen LogP contribution < -0.4 is 10.3 Å². The van der Waals surface area contributed by atoms with Crippen molar-refractivity contribution in [3.05, 3.63) is 63.7 Å². The number of ether oxygens (including phenoxy) is 1. The van der Waals surface area contributed by atoms with Gasteiger partial charge in [0.2, 0.25) is 5.91 Å². The van der Waals surface area contributed by atoms with E-state index in [4.69, 9.17) is 21.3 Å². The van der Waals surface area contributed by atoms with E-state index in [1.165, 1.54) is 25.7 Å². The van der Waals surface area contributed by atoms with Crippen molar-refractivity contribution in [1.29, 1.82) is 0 Å². The number of methoxy groups -OCH3 is 1. The molecule has 0 aliphatic heterocycles. The maximum Gasteiger partial charge on any atom is 0.266 e. The summed E-state index contributed by atoms with van der Waals surface area (Å²) < 4.78 is 6.93. The van der Waals surface area contributed by atoms with Crippen LogP contribution in [-0.4, -0.2) is 59.6 Å². The van der Waals surface area contributed by atoms with Gasteiger partial charge in [0.25, 0.3) is 5.56 Å². The van der Waals surface area contributed by atoms with E-state index < -0.39 is 6.04 Å². The van der Waals surface area contributed by atoms with Crippen LogP contribution in [0.1, 0.15) is 77.1 Å². The summed E-state index contributed by atoms with van der Waals surface area (Å²) in [6, 6.07) is 12.0. The molecule has 0 saturated heterocycles. The van der Waals surface area contributed by atoms with Gasteiger partial charge in [-0.25, -0.2) is 4.98 Å². The number of benzene rings is 2. The molecule has 212 valence electrons. The van der Waals surface area contributed by atoms with E-state index in [0.717, 1.165) is 19.3 Å². The van der Waals surface area contributed by atoms with E-state index in [0.29, 0.717) is 52.7 Å². The first-order valence-corrected chi connectivity index (χ1v) is 14.5. The third-order valence-electron chi connectivity index (χ3n) is 7.13. The molecule has 7 nitrogen and oxygen atoms in total. The fourth-order valence-electron chi connectivity index (χ4n) is 4.80. The second-order valence-corrected chi connectivity index (χ2v) is 10.8. The van der Waals surface area contributed by atoms with Crippen molar-refractivity contribution in [3.8, 4) is 11.4 Å². The zero-order valence-corrected chi connectivity index (χ0v) is 24.8. The maximum absolute atomic E-state index is 13.8. The first-order valence-electron chi connectivity index (χ1n) is 14.1. The normalized spacial score (nSPS) is 12.2. The van der Waals surface area contributed by atoms with Crippen molar-refractivity contribution in [2.45, 2.75) is 71.3 Å². The van der Waals surface area contributed by atoms with Crippen molar-refractivity contribution in [2.75, 3.05) is 34.3 Å². The monoisotopic (exact) mass is 554 g/mol. The molecule has 1 amide bonds. The topological polar surface area (TPSA) is 67.7 Å². The Morgan fingerprint density at radius 1 is 1.00 bits per heavy atom. The lowest BCUT2D eigenvalue weighted by molar-refractivity contribution is -0.133. The minimum Gasteiger partial charge on any atom is -0.497 e. The molecule has 0 spiro atoms. The lowest BCUT2D eigenvalue weighted by Gasteiger charge is -2.31. The number of aromatic nitrogens is 2. The zero-order chi connectivity index (χ0) is 28.4. The van der Waals surface area contributed by atoms with Gasteiger partial charge < -0.3 is 14.5 Å². The van der Waals surface area contributed by atoms with Crippen LogP contribution in [0.3, 0.4) is 0 Å². The van der Waals surface area contributed by atoms with Crippen LogP contribution in [0.15, 0.2) is 47.3 Å². The lowest BCUT2D eigenvalue weighted by atomic mass is 10.1. The van der Waals surface area contributed by atoms with Gasteiger partial charge in [0.15, 0.2) is 0 Å². The number of halogens is 1. The molecule has 1 atom stereocenters. The number of amides is 1. The van der Waals surface area contributed by atoms with Crippen LogP contribution in [0.5, 0.6) is 5.75 Å². The molecule has 8 heteroatoms. The highest BCUT2D eigenvalue weighted by Gasteiger charge is 2.27. The summed E-state index contributed by atoms with van der Waals surface area (Å²) in [7, 11) is 5.59. The molecule has 1 unspecified atom stereocenters. The number of likely N-dealkylation sites (N-methyl/N-ethyl adjacent to an activating group) is 1. The highest BCUT2D eigenvalue weighted by Crippen LogP contribution is 2.26. The molecule has 2 aromatic carbocycles. The smallest absolute Gasteiger partial charge is 0.266 e. The van der Waals surface area contributed by atoms with Gasteiger partial charge in [0, 0.05) is 24.5 Å². The first-order chi connectivity index (χ1) is 18.8. The summed E-state index contributed by atoms with van der Waals surface area (Å²) in [6.07, 6.45) is 8.54. The standard InChI is InChI=1S/C31H43ClN4O3/c1-6-7-8-9-10-11-12-13-29(37)35(21-20-34(3)4)23(2)30-33-28-22-24(32)14-19-27(28)31(38)36(30)25-15-17-26(39-5)18-16-25/h14-19,22-23H,6-13,20-21H2,1-5H3. The third kappa shape index (κ3) is 8.29. The van der Waals surface area contributed by atoms with Crippen LogP contribution >= 0.6 is 11.6 Å². The summed E-state index contributed by atoms with van der Waals surface area (Å²) in [5.41, 5.74) is 0.987. The Labute approximate surface area is 237 Å². The minimum atomic E-state index is -0.430. The Morgan fingerprint density at radius 3 is 2.31 bits per heavy atom. The van der Waals surface area contributed by atoms with Crippen LogP contribution in [0.4, 0.5) is 0 Å². The van der Waals surface area contributed by atoms with E-state index in [9.17, 15) is 9.59 Å². The summed E-state index contributed by atoms with van der Waals surface area (Å²) in [5.74, 6) is 1.28. The van der Waals surface area contributed by atoms with E-state index in [1.807, 2.05) is 50.2 Å². The van der Waals surface area contributed by atoms with Gasteiger partial charge in [-0.1, -0.05) is 57.0 Å². The largest absolute Gasteiger partial charge is 0.497 e. The molecule has 3 rings (SSSR count). The molecule has 0 saturated carbocycles. The highest BCUT2D eigenvalue weighted by atomic mass is 35.5. The van der Waals surface area contributed by atoms with Crippen LogP contribution in [0.2, 0.25) is 5.02 Å². The van der Waals surface area contributed by atoms with Crippen molar-refractivity contribution in [1.82, 2.24) is 19.4 Å². The van der Waals surface area contributed by atoms with E-state index in [-0.39, 0.29) is 11.5 Å². The Kier molecular flexibility index (Phi) is 11.8. The molecule has 0 N–H and O–H groups in total. The molecule has 0 fully saturated rings. The maximum atomic E-state index is 13.8. The molecule has 1 aromatic heterocycles. The van der Waals surface area contributed by atoms with Crippen molar-refractivity contribution >= 4 is 28.4 Å². The average molecular weight is 555 g/mol. The molecule has 3 aromatic rings. The minimum absolute atomic E-state index is 0.0830. The Balaban J connectivity index is 1.97. The molecule has 0 aliphatic rings. The molecule has 0 radical (unpaired) electrons. The van der Waals surface area contributed by atoms with Crippen LogP contribution in [0.25, 0.3) is 16.6 Å². The van der Waals surface area contributed by atoms with Crippen molar-refractivity contribution in [3.63, 3.8) is 0 Å². The van der Waals surface area contributed by atoms with Gasteiger partial charge in [0.05, 0.1) is 29.7 Å².